The van der Waals surface area contributed by atoms with Gasteiger partial charge in [0.25, 0.3) is 0 Å². The average Bonchev–Trinajstić information content (AvgIpc) is 2.25. The Bertz CT molecular complexity index is 272. The lowest BCUT2D eigenvalue weighted by molar-refractivity contribution is -0.141. The fraction of sp³-hybridized carbons (Fsp3) is 0.833. The van der Waals surface area contributed by atoms with Crippen molar-refractivity contribution >= 4 is 12.1 Å². The van der Waals surface area contributed by atoms with Gasteiger partial charge in [0.1, 0.15) is 6.04 Å². The highest BCUT2D eigenvalue weighted by Gasteiger charge is 2.31. The number of ether oxygens (including phenoxy) is 1. The minimum absolute atomic E-state index is 0.0287. The number of carbonyl (C=O) groups excluding carboxylic acids is 1. The van der Waals surface area contributed by atoms with Gasteiger partial charge in [-0.15, -0.1) is 0 Å². The fourth-order valence-corrected chi connectivity index (χ4v) is 2.22. The number of alkyl carbamates (subject to hydrolysis) is 1. The van der Waals surface area contributed by atoms with Gasteiger partial charge in [-0.2, -0.15) is 0 Å². The molecule has 1 unspecified atom stereocenters. The second kappa shape index (κ2) is 6.47. The zero-order chi connectivity index (χ0) is 12.8. The molecule has 98 valence electrons. The summed E-state index contributed by atoms with van der Waals surface area (Å²) in [6, 6.07) is -0.818. The quantitative estimate of drug-likeness (QED) is 0.793. The van der Waals surface area contributed by atoms with Crippen LogP contribution in [0.25, 0.3) is 0 Å². The van der Waals surface area contributed by atoms with Crippen molar-refractivity contribution in [3.63, 3.8) is 0 Å². The minimum Gasteiger partial charge on any atom is -0.480 e. The van der Waals surface area contributed by atoms with E-state index in [0.29, 0.717) is 0 Å². The van der Waals surface area contributed by atoms with Gasteiger partial charge in [0, 0.05) is 0 Å². The van der Waals surface area contributed by atoms with Gasteiger partial charge in [0.05, 0.1) is 6.10 Å². The van der Waals surface area contributed by atoms with Crippen LogP contribution >= 0.6 is 0 Å². The molecule has 17 heavy (non-hydrogen) atoms. The van der Waals surface area contributed by atoms with Gasteiger partial charge in [0.15, 0.2) is 0 Å². The number of hydrogen-bond donors (Lipinski definition) is 2. The molecule has 1 atom stereocenters. The normalized spacial score (nSPS) is 18.8. The molecule has 1 rings (SSSR count). The van der Waals surface area contributed by atoms with Crippen LogP contribution in [0, 0.1) is 5.92 Å². The lowest BCUT2D eigenvalue weighted by Gasteiger charge is -2.27. The van der Waals surface area contributed by atoms with Crippen LogP contribution in [0.3, 0.4) is 0 Å². The summed E-state index contributed by atoms with van der Waals surface area (Å²) in [6.07, 6.45) is 4.07. The Morgan fingerprint density at radius 1 is 1.24 bits per heavy atom. The predicted octanol–water partition coefficient (Wildman–Crippen LogP) is 2.15. The molecule has 0 saturated heterocycles. The van der Waals surface area contributed by atoms with Crippen molar-refractivity contribution in [2.45, 2.75) is 58.1 Å². The third-order valence-electron chi connectivity index (χ3n) is 3.00. The molecule has 1 amide bonds. The maximum absolute atomic E-state index is 11.4. The zero-order valence-electron chi connectivity index (χ0n) is 10.4. The van der Waals surface area contributed by atoms with Gasteiger partial charge >= 0.3 is 12.1 Å². The van der Waals surface area contributed by atoms with E-state index in [0.717, 1.165) is 32.1 Å². The third-order valence-corrected chi connectivity index (χ3v) is 3.00. The van der Waals surface area contributed by atoms with Crippen LogP contribution < -0.4 is 5.32 Å². The van der Waals surface area contributed by atoms with Crippen LogP contribution in [0.2, 0.25) is 0 Å². The van der Waals surface area contributed by atoms with E-state index < -0.39 is 18.1 Å². The number of amides is 1. The van der Waals surface area contributed by atoms with E-state index in [1.165, 1.54) is 0 Å². The summed E-state index contributed by atoms with van der Waals surface area (Å²) in [5.41, 5.74) is 0. The molecule has 1 saturated carbocycles. The number of carboxylic acid groups (broad SMARTS) is 1. The van der Waals surface area contributed by atoms with Gasteiger partial charge in [-0.05, 0) is 32.6 Å². The SMILES string of the molecule is CC(C)OC(=O)NC(C(=O)O)C1CCCCC1. The highest BCUT2D eigenvalue weighted by atomic mass is 16.6. The maximum atomic E-state index is 11.4. The van der Waals surface area contributed by atoms with E-state index in [1.54, 1.807) is 13.8 Å². The molecular formula is C12H21NO4. The molecule has 1 fully saturated rings. The van der Waals surface area contributed by atoms with Crippen LogP contribution in [0.15, 0.2) is 0 Å². The lowest BCUT2D eigenvalue weighted by atomic mass is 9.84. The van der Waals surface area contributed by atoms with E-state index in [9.17, 15) is 9.59 Å². The fourth-order valence-electron chi connectivity index (χ4n) is 2.22. The summed E-state index contributed by atoms with van der Waals surface area (Å²) in [7, 11) is 0. The van der Waals surface area contributed by atoms with Crippen LogP contribution in [-0.2, 0) is 9.53 Å². The van der Waals surface area contributed by atoms with Crippen molar-refractivity contribution < 1.29 is 19.4 Å². The highest BCUT2D eigenvalue weighted by molar-refractivity contribution is 5.80. The molecule has 0 bridgehead atoms. The first kappa shape index (κ1) is 13.8. The first-order valence-electron chi connectivity index (χ1n) is 6.20. The number of nitrogens with one attached hydrogen (secondary N) is 1. The standard InChI is InChI=1S/C12H21NO4/c1-8(2)17-12(16)13-10(11(14)15)9-6-4-3-5-7-9/h8-10H,3-7H2,1-2H3,(H,13,16)(H,14,15). The molecule has 0 aromatic carbocycles. The first-order chi connectivity index (χ1) is 8.00. The van der Waals surface area contributed by atoms with Crippen molar-refractivity contribution in [2.24, 2.45) is 5.92 Å². The molecule has 0 spiro atoms. The molecule has 5 heteroatoms. The van der Waals surface area contributed by atoms with Gasteiger partial charge in [-0.1, -0.05) is 19.3 Å². The molecule has 2 N–H and O–H groups in total. The molecule has 0 aromatic heterocycles. The largest absolute Gasteiger partial charge is 0.480 e. The van der Waals surface area contributed by atoms with E-state index in [2.05, 4.69) is 5.32 Å². The first-order valence-corrected chi connectivity index (χ1v) is 6.20. The Hall–Kier alpha value is -1.26. The maximum Gasteiger partial charge on any atom is 0.408 e. The third kappa shape index (κ3) is 4.63. The highest BCUT2D eigenvalue weighted by Crippen LogP contribution is 2.26. The van der Waals surface area contributed by atoms with Gasteiger partial charge < -0.3 is 15.2 Å². The van der Waals surface area contributed by atoms with E-state index in [-0.39, 0.29) is 12.0 Å². The lowest BCUT2D eigenvalue weighted by Crippen LogP contribution is -2.47. The Kier molecular flexibility index (Phi) is 5.25. The number of hydrogen-bond acceptors (Lipinski definition) is 3. The van der Waals surface area contributed by atoms with Crippen LogP contribution in [0.4, 0.5) is 4.79 Å². The van der Waals surface area contributed by atoms with E-state index >= 15 is 0 Å². The Morgan fingerprint density at radius 2 is 1.82 bits per heavy atom. The molecule has 0 aliphatic heterocycles. The number of aliphatic carboxylic acids is 1. The van der Waals surface area contributed by atoms with Crippen molar-refractivity contribution in [1.82, 2.24) is 5.32 Å². The van der Waals surface area contributed by atoms with Crippen LogP contribution in [0.5, 0.6) is 0 Å². The Labute approximate surface area is 102 Å². The number of carboxylic acids is 1. The number of rotatable bonds is 4. The Morgan fingerprint density at radius 3 is 2.29 bits per heavy atom. The molecule has 0 radical (unpaired) electrons. The molecular weight excluding hydrogens is 222 g/mol. The zero-order valence-corrected chi connectivity index (χ0v) is 10.4. The van der Waals surface area contributed by atoms with Crippen LogP contribution in [-0.4, -0.2) is 29.3 Å². The van der Waals surface area contributed by atoms with E-state index in [1.807, 2.05) is 0 Å². The van der Waals surface area contributed by atoms with Gasteiger partial charge in [-0.3, -0.25) is 0 Å². The predicted molar refractivity (Wildman–Crippen MR) is 62.8 cm³/mol. The summed E-state index contributed by atoms with van der Waals surface area (Å²) in [5.74, 6) is -0.946. The van der Waals surface area contributed by atoms with Crippen molar-refractivity contribution in [3.05, 3.63) is 0 Å². The molecule has 0 aromatic rings. The monoisotopic (exact) mass is 243 g/mol. The molecule has 1 aliphatic carbocycles. The summed E-state index contributed by atoms with van der Waals surface area (Å²) >= 11 is 0. The van der Waals surface area contributed by atoms with Crippen molar-refractivity contribution in [2.75, 3.05) is 0 Å². The summed E-state index contributed by atoms with van der Waals surface area (Å²) in [4.78, 5) is 22.6. The van der Waals surface area contributed by atoms with Gasteiger partial charge in [0.2, 0.25) is 0 Å². The molecule has 1 aliphatic rings. The van der Waals surface area contributed by atoms with Gasteiger partial charge in [-0.25, -0.2) is 9.59 Å². The minimum atomic E-state index is -0.974. The van der Waals surface area contributed by atoms with E-state index in [4.69, 9.17) is 9.84 Å². The van der Waals surface area contributed by atoms with Crippen LogP contribution in [0.1, 0.15) is 46.0 Å². The number of carbonyl (C=O) groups is 2. The van der Waals surface area contributed by atoms with Crippen molar-refractivity contribution in [3.8, 4) is 0 Å². The average molecular weight is 243 g/mol. The summed E-state index contributed by atoms with van der Waals surface area (Å²) in [5, 5.41) is 11.6. The Balaban J connectivity index is 2.53. The second-order valence-corrected chi connectivity index (χ2v) is 4.81. The smallest absolute Gasteiger partial charge is 0.408 e. The summed E-state index contributed by atoms with van der Waals surface area (Å²) < 4.78 is 4.91. The summed E-state index contributed by atoms with van der Waals surface area (Å²) in [6.45, 7) is 3.46. The topological polar surface area (TPSA) is 75.6 Å². The second-order valence-electron chi connectivity index (χ2n) is 4.81. The van der Waals surface area contributed by atoms with Crippen molar-refractivity contribution in [1.29, 1.82) is 0 Å². The molecule has 5 nitrogen and oxygen atoms in total. The molecule has 0 heterocycles.